The van der Waals surface area contributed by atoms with Crippen LogP contribution in [0.2, 0.25) is 0 Å². The molecular weight excluding hydrogens is 122 g/mol. The van der Waals surface area contributed by atoms with E-state index in [1.807, 2.05) is 18.2 Å². The van der Waals surface area contributed by atoms with Crippen molar-refractivity contribution in [1.82, 2.24) is 4.31 Å². The predicted molar refractivity (Wildman–Crippen MR) is 36.2 cm³/mol. The minimum Gasteiger partial charge on any atom is -0.276 e. The van der Waals surface area contributed by atoms with E-state index in [2.05, 4.69) is 0 Å². The van der Waals surface area contributed by atoms with Gasteiger partial charge in [-0.2, -0.15) is 0 Å². The highest BCUT2D eigenvalue weighted by Gasteiger charge is 1.95. The fraction of sp³-hybridized carbons (Fsp3) is 0.800. The monoisotopic (exact) mass is 132 g/mol. The molecule has 0 aliphatic carbocycles. The Balaban J connectivity index is 3.20. The third-order valence-electron chi connectivity index (χ3n) is 0.872. The highest BCUT2D eigenvalue weighted by molar-refractivity contribution is 8.09. The molecule has 0 saturated carbocycles. The van der Waals surface area contributed by atoms with Gasteiger partial charge in [0, 0.05) is 25.0 Å². The van der Waals surface area contributed by atoms with Crippen molar-refractivity contribution in [1.29, 1.82) is 0 Å². The highest BCUT2D eigenvalue weighted by atomic mass is 32.2. The van der Waals surface area contributed by atoms with Gasteiger partial charge >= 0.3 is 0 Å². The van der Waals surface area contributed by atoms with E-state index >= 15 is 0 Å². The largest absolute Gasteiger partial charge is 0.282 e. The van der Waals surface area contributed by atoms with Crippen LogP contribution in [-0.2, 0) is 4.79 Å². The zero-order valence-corrected chi connectivity index (χ0v) is 5.99. The van der Waals surface area contributed by atoms with Crippen LogP contribution in [0.4, 0.5) is 0 Å². The lowest BCUT2D eigenvalue weighted by Gasteiger charge is -2.10. The zero-order chi connectivity index (χ0) is 6.41. The van der Waals surface area contributed by atoms with E-state index in [1.54, 1.807) is 5.62 Å². The van der Waals surface area contributed by atoms with Gasteiger partial charge in [0.1, 0.15) is 0 Å². The average Bonchev–Trinajstić information content (AvgIpc) is 1.83. The average molecular weight is 132 g/mol. The van der Waals surface area contributed by atoms with Crippen LogP contribution < -0.4 is 0 Å². The van der Waals surface area contributed by atoms with E-state index in [9.17, 15) is 4.79 Å². The topological polar surface area (TPSA) is 20.3 Å². The van der Waals surface area contributed by atoms with Crippen molar-refractivity contribution in [3.63, 3.8) is 0 Å². The second kappa shape index (κ2) is 5.12. The number of rotatable bonds is 4. The zero-order valence-electron chi connectivity index (χ0n) is 5.18. The first kappa shape index (κ1) is 7.98. The van der Waals surface area contributed by atoms with Gasteiger partial charge in [-0.1, -0.05) is 13.8 Å². The second-order valence-electron chi connectivity index (χ2n) is 1.29. The van der Waals surface area contributed by atoms with Crippen LogP contribution >= 0.6 is 11.9 Å². The van der Waals surface area contributed by atoms with Gasteiger partial charge in [0.2, 0.25) is 0 Å². The lowest BCUT2D eigenvalue weighted by atomic mass is 10.7. The van der Waals surface area contributed by atoms with Gasteiger partial charge in [-0.15, -0.1) is 0 Å². The Hall–Kier alpha value is -0.0200. The summed E-state index contributed by atoms with van der Waals surface area (Å²) >= 11 is 1.10. The Kier molecular flexibility index (Phi) is 5.11. The molecule has 0 atom stereocenters. The van der Waals surface area contributed by atoms with E-state index in [-0.39, 0.29) is 0 Å². The number of hydrogen-bond donors (Lipinski definition) is 0. The van der Waals surface area contributed by atoms with E-state index < -0.39 is 0 Å². The van der Waals surface area contributed by atoms with Crippen molar-refractivity contribution >= 4 is 17.6 Å². The summed E-state index contributed by atoms with van der Waals surface area (Å²) in [5.74, 6) is 0. The fourth-order valence-corrected chi connectivity index (χ4v) is 0.769. The van der Waals surface area contributed by atoms with E-state index in [4.69, 9.17) is 0 Å². The number of hydrogen-bond acceptors (Lipinski definition) is 3. The van der Waals surface area contributed by atoms with Crippen molar-refractivity contribution in [2.45, 2.75) is 13.8 Å². The van der Waals surface area contributed by atoms with Gasteiger partial charge in [-0.3, -0.25) is 4.79 Å². The molecule has 0 aromatic rings. The van der Waals surface area contributed by atoms with Crippen molar-refractivity contribution in [3.8, 4) is 0 Å². The van der Waals surface area contributed by atoms with Crippen LogP contribution in [0.25, 0.3) is 0 Å². The summed E-state index contributed by atoms with van der Waals surface area (Å²) in [6, 6.07) is 0. The summed E-state index contributed by atoms with van der Waals surface area (Å²) in [5.41, 5.74) is 1.76. The first-order valence-electron chi connectivity index (χ1n) is 2.64. The molecule has 0 heterocycles. The van der Waals surface area contributed by atoms with Crippen LogP contribution in [-0.4, -0.2) is 23.0 Å². The summed E-state index contributed by atoms with van der Waals surface area (Å²) in [6.07, 6.45) is 0. The Labute approximate surface area is 54.4 Å². The molecule has 0 unspecified atom stereocenters. The summed E-state index contributed by atoms with van der Waals surface area (Å²) < 4.78 is 1.92. The maximum absolute atomic E-state index is 9.73. The van der Waals surface area contributed by atoms with Gasteiger partial charge in [-0.25, -0.2) is 4.31 Å². The van der Waals surface area contributed by atoms with Gasteiger partial charge in [-0.05, 0) is 0 Å². The Morgan fingerprint density at radius 1 is 1.50 bits per heavy atom. The lowest BCUT2D eigenvalue weighted by Crippen LogP contribution is -2.13. The van der Waals surface area contributed by atoms with Crippen molar-refractivity contribution < 1.29 is 4.79 Å². The van der Waals surface area contributed by atoms with Gasteiger partial charge in [0.25, 0.3) is 5.62 Å². The van der Waals surface area contributed by atoms with Crippen LogP contribution in [0.5, 0.6) is 0 Å². The number of nitrogens with zero attached hydrogens (tertiary/aromatic N) is 1. The third kappa shape index (κ3) is 3.04. The molecule has 0 aromatic carbocycles. The van der Waals surface area contributed by atoms with Gasteiger partial charge < -0.3 is 0 Å². The fourth-order valence-electron chi connectivity index (χ4n) is 0.405. The first-order chi connectivity index (χ1) is 3.85. The molecule has 0 fully saturated rings. The molecule has 1 radical (unpaired) electrons. The maximum atomic E-state index is 9.73. The minimum absolute atomic E-state index is 0.899. The Morgan fingerprint density at radius 2 is 2.00 bits per heavy atom. The molecular formula is C5H10NOS. The van der Waals surface area contributed by atoms with Crippen LogP contribution in [0, 0.1) is 0 Å². The molecule has 0 aliphatic heterocycles. The summed E-state index contributed by atoms with van der Waals surface area (Å²) in [6.45, 7) is 5.81. The highest BCUT2D eigenvalue weighted by Crippen LogP contribution is 2.02. The van der Waals surface area contributed by atoms with Crippen molar-refractivity contribution in [3.05, 3.63) is 0 Å². The maximum Gasteiger partial charge on any atom is 0.282 e. The molecule has 2 nitrogen and oxygen atoms in total. The van der Waals surface area contributed by atoms with Gasteiger partial charge in [0.05, 0.1) is 0 Å². The summed E-state index contributed by atoms with van der Waals surface area (Å²) in [4.78, 5) is 9.73. The predicted octanol–water partition coefficient (Wildman–Crippen LogP) is 1.04. The quantitative estimate of drug-likeness (QED) is 0.533. The molecule has 0 aliphatic rings. The molecule has 47 valence electrons. The molecule has 0 aromatic heterocycles. The molecule has 0 spiro atoms. The smallest absolute Gasteiger partial charge is 0.276 e. The SMILES string of the molecule is CCN(CC)S[C]=O. The first-order valence-corrected chi connectivity index (χ1v) is 3.41. The standard InChI is InChI=1S/C5H10NOS/c1-3-6(4-2)8-5-7/h3-4H2,1-2H3. The normalized spacial score (nSPS) is 9.88. The van der Waals surface area contributed by atoms with Crippen LogP contribution in [0.3, 0.4) is 0 Å². The third-order valence-corrected chi connectivity index (χ3v) is 1.72. The minimum atomic E-state index is 0.899. The van der Waals surface area contributed by atoms with E-state index in [1.165, 1.54) is 0 Å². The molecule has 0 bridgehead atoms. The Bertz CT molecular complexity index is 63.4. The van der Waals surface area contributed by atoms with Crippen LogP contribution in [0.1, 0.15) is 13.8 Å². The Morgan fingerprint density at radius 3 is 2.12 bits per heavy atom. The molecule has 0 N–H and O–H groups in total. The summed E-state index contributed by atoms with van der Waals surface area (Å²) in [5, 5.41) is 0. The van der Waals surface area contributed by atoms with E-state index in [0.717, 1.165) is 25.0 Å². The lowest BCUT2D eigenvalue weighted by molar-refractivity contribution is 0.523. The molecule has 0 amide bonds. The molecule has 8 heavy (non-hydrogen) atoms. The van der Waals surface area contributed by atoms with Crippen molar-refractivity contribution in [2.24, 2.45) is 0 Å². The summed E-state index contributed by atoms with van der Waals surface area (Å²) in [7, 11) is 0. The van der Waals surface area contributed by atoms with Crippen molar-refractivity contribution in [2.75, 3.05) is 13.1 Å². The molecule has 3 heteroatoms. The van der Waals surface area contributed by atoms with Gasteiger partial charge in [0.15, 0.2) is 0 Å². The molecule has 0 rings (SSSR count). The number of carbonyl (C=O) groups excluding carboxylic acids is 1. The van der Waals surface area contributed by atoms with E-state index in [0.29, 0.717) is 0 Å². The van der Waals surface area contributed by atoms with Crippen LogP contribution in [0.15, 0.2) is 0 Å². The second-order valence-corrected chi connectivity index (χ2v) is 2.15. The molecule has 0 saturated heterocycles.